The van der Waals surface area contributed by atoms with Crippen LogP contribution in [0.25, 0.3) is 0 Å². The van der Waals surface area contributed by atoms with Gasteiger partial charge in [0.25, 0.3) is 0 Å². The minimum absolute atomic E-state index is 0.142. The lowest BCUT2D eigenvalue weighted by molar-refractivity contribution is 0.212. The van der Waals surface area contributed by atoms with E-state index in [-0.39, 0.29) is 18.5 Å². The van der Waals surface area contributed by atoms with E-state index in [1.54, 1.807) is 36.1 Å². The molecule has 0 aliphatic heterocycles. The number of aliphatic hydroxyl groups excluding tert-OH is 1. The number of hydrogen-bond acceptors (Lipinski definition) is 3. The van der Waals surface area contributed by atoms with Gasteiger partial charge in [0.05, 0.1) is 12.6 Å². The molecule has 0 radical (unpaired) electrons. The Morgan fingerprint density at radius 3 is 2.78 bits per heavy atom. The zero-order valence-corrected chi connectivity index (χ0v) is 13.2. The molecule has 1 aromatic heterocycles. The molecule has 0 bridgehead atoms. The van der Waals surface area contributed by atoms with E-state index < -0.39 is 12.1 Å². The third-order valence-corrected chi connectivity index (χ3v) is 3.62. The second kappa shape index (κ2) is 7.73. The summed E-state index contributed by atoms with van der Waals surface area (Å²) in [5.41, 5.74) is 0.589. The van der Waals surface area contributed by atoms with Crippen LogP contribution >= 0.6 is 0 Å². The van der Waals surface area contributed by atoms with Gasteiger partial charge >= 0.3 is 6.03 Å². The molecule has 1 aromatic carbocycles. The van der Waals surface area contributed by atoms with Gasteiger partial charge in [-0.05, 0) is 24.1 Å². The molecule has 3 N–H and O–H groups in total. The Morgan fingerprint density at radius 2 is 2.22 bits per heavy atom. The van der Waals surface area contributed by atoms with E-state index in [1.165, 1.54) is 12.1 Å². The zero-order chi connectivity index (χ0) is 16.8. The Morgan fingerprint density at radius 1 is 1.43 bits per heavy atom. The first-order chi connectivity index (χ1) is 11.0. The first-order valence-corrected chi connectivity index (χ1v) is 7.45. The SMILES string of the molecule is CC[C@H](CO)NC(=O)N[C@H](c1cccc(F)c1)c1nccn1C. The molecule has 2 aromatic rings. The molecule has 2 rings (SSSR count). The fraction of sp³-hybridized carbons (Fsp3) is 0.375. The normalized spacial score (nSPS) is 13.4. The molecule has 1 heterocycles. The average molecular weight is 320 g/mol. The first kappa shape index (κ1) is 17.0. The maximum Gasteiger partial charge on any atom is 0.315 e. The monoisotopic (exact) mass is 320 g/mol. The van der Waals surface area contributed by atoms with Gasteiger partial charge in [-0.1, -0.05) is 19.1 Å². The van der Waals surface area contributed by atoms with Crippen molar-refractivity contribution in [2.24, 2.45) is 7.05 Å². The smallest absolute Gasteiger partial charge is 0.315 e. The molecule has 0 spiro atoms. The van der Waals surface area contributed by atoms with Crippen LogP contribution in [0.4, 0.5) is 9.18 Å². The predicted octanol–water partition coefficient (Wildman–Crippen LogP) is 1.72. The van der Waals surface area contributed by atoms with Crippen molar-refractivity contribution < 1.29 is 14.3 Å². The Kier molecular flexibility index (Phi) is 5.70. The predicted molar refractivity (Wildman–Crippen MR) is 84.3 cm³/mol. The van der Waals surface area contributed by atoms with Gasteiger partial charge in [-0.15, -0.1) is 0 Å². The fourth-order valence-electron chi connectivity index (χ4n) is 2.27. The summed E-state index contributed by atoms with van der Waals surface area (Å²) in [5.74, 6) is 0.202. The molecule has 2 atom stereocenters. The summed E-state index contributed by atoms with van der Waals surface area (Å²) in [5, 5.41) is 14.7. The number of rotatable bonds is 6. The molecular weight excluding hydrogens is 299 g/mol. The fourth-order valence-corrected chi connectivity index (χ4v) is 2.27. The van der Waals surface area contributed by atoms with Crippen molar-refractivity contribution in [3.8, 4) is 0 Å². The van der Waals surface area contributed by atoms with E-state index in [0.29, 0.717) is 17.8 Å². The van der Waals surface area contributed by atoms with Crippen molar-refractivity contribution >= 4 is 6.03 Å². The second-order valence-electron chi connectivity index (χ2n) is 5.29. The van der Waals surface area contributed by atoms with Crippen molar-refractivity contribution in [3.63, 3.8) is 0 Å². The molecule has 0 aliphatic carbocycles. The Balaban J connectivity index is 2.25. The van der Waals surface area contributed by atoms with Crippen molar-refractivity contribution in [3.05, 3.63) is 53.9 Å². The van der Waals surface area contributed by atoms with Gasteiger partial charge in [-0.25, -0.2) is 14.2 Å². The number of nitrogens with zero attached hydrogens (tertiary/aromatic N) is 2. The first-order valence-electron chi connectivity index (χ1n) is 7.45. The molecule has 0 fully saturated rings. The minimum atomic E-state index is -0.595. The third kappa shape index (κ3) is 4.29. The summed E-state index contributed by atoms with van der Waals surface area (Å²) >= 11 is 0. The van der Waals surface area contributed by atoms with Gasteiger partial charge in [-0.3, -0.25) is 0 Å². The summed E-state index contributed by atoms with van der Waals surface area (Å²) in [4.78, 5) is 16.4. The van der Waals surface area contributed by atoms with Gasteiger partial charge in [-0.2, -0.15) is 0 Å². The number of hydrogen-bond donors (Lipinski definition) is 3. The molecule has 0 saturated carbocycles. The van der Waals surface area contributed by atoms with Crippen LogP contribution in [0.15, 0.2) is 36.7 Å². The minimum Gasteiger partial charge on any atom is -0.394 e. The van der Waals surface area contributed by atoms with Crippen LogP contribution in [0.1, 0.15) is 30.8 Å². The van der Waals surface area contributed by atoms with E-state index in [9.17, 15) is 14.3 Å². The number of aromatic nitrogens is 2. The number of aryl methyl sites for hydroxylation is 1. The number of nitrogens with one attached hydrogen (secondary N) is 2. The highest BCUT2D eigenvalue weighted by atomic mass is 19.1. The number of carbonyl (C=O) groups is 1. The summed E-state index contributed by atoms with van der Waals surface area (Å²) in [6, 6.07) is 4.66. The zero-order valence-electron chi connectivity index (χ0n) is 13.2. The van der Waals surface area contributed by atoms with E-state index in [2.05, 4.69) is 15.6 Å². The van der Waals surface area contributed by atoms with Crippen LogP contribution in [0.3, 0.4) is 0 Å². The average Bonchev–Trinajstić information content (AvgIpc) is 2.96. The molecule has 124 valence electrons. The standard InChI is InChI=1S/C16H21FN4O2/c1-3-13(10-22)19-16(23)20-14(15-18-7-8-21(15)2)11-5-4-6-12(17)9-11/h4-9,13-14,22H,3,10H2,1-2H3,(H2,19,20,23)/t13-,14-/m1/s1. The topological polar surface area (TPSA) is 79.2 Å². The van der Waals surface area contributed by atoms with Crippen LogP contribution in [-0.2, 0) is 7.05 Å². The van der Waals surface area contributed by atoms with Crippen molar-refractivity contribution in [1.29, 1.82) is 0 Å². The summed E-state index contributed by atoms with van der Waals surface area (Å²) in [7, 11) is 1.80. The lowest BCUT2D eigenvalue weighted by atomic mass is 10.1. The third-order valence-electron chi connectivity index (χ3n) is 3.62. The largest absolute Gasteiger partial charge is 0.394 e. The van der Waals surface area contributed by atoms with Gasteiger partial charge in [0.1, 0.15) is 17.7 Å². The summed E-state index contributed by atoms with van der Waals surface area (Å²) < 4.78 is 15.3. The number of carbonyl (C=O) groups excluding carboxylic acids is 1. The summed E-state index contributed by atoms with van der Waals surface area (Å²) in [6.45, 7) is 1.72. The number of urea groups is 1. The molecule has 0 unspecified atom stereocenters. The molecular formula is C16H21FN4O2. The molecule has 2 amide bonds. The number of aliphatic hydroxyl groups is 1. The maximum absolute atomic E-state index is 13.5. The van der Waals surface area contributed by atoms with E-state index in [1.807, 2.05) is 6.92 Å². The van der Waals surface area contributed by atoms with Crippen molar-refractivity contribution in [2.75, 3.05) is 6.61 Å². The number of amides is 2. The maximum atomic E-state index is 13.5. The Bertz CT molecular complexity index is 655. The number of halogens is 1. The van der Waals surface area contributed by atoms with Crippen LogP contribution in [-0.4, -0.2) is 33.3 Å². The van der Waals surface area contributed by atoms with Crippen molar-refractivity contribution in [2.45, 2.75) is 25.4 Å². The highest BCUT2D eigenvalue weighted by Crippen LogP contribution is 2.21. The lowest BCUT2D eigenvalue weighted by Gasteiger charge is -2.21. The molecule has 6 nitrogen and oxygen atoms in total. The molecule has 23 heavy (non-hydrogen) atoms. The van der Waals surface area contributed by atoms with Crippen molar-refractivity contribution in [1.82, 2.24) is 20.2 Å². The van der Waals surface area contributed by atoms with Crippen LogP contribution in [0.2, 0.25) is 0 Å². The van der Waals surface area contributed by atoms with Gasteiger partial charge < -0.3 is 20.3 Å². The second-order valence-corrected chi connectivity index (χ2v) is 5.29. The molecule has 0 saturated heterocycles. The summed E-state index contributed by atoms with van der Waals surface area (Å²) in [6.07, 6.45) is 3.98. The number of imidazole rings is 1. The number of benzene rings is 1. The lowest BCUT2D eigenvalue weighted by Crippen LogP contribution is -2.45. The highest BCUT2D eigenvalue weighted by Gasteiger charge is 2.22. The molecule has 0 aliphatic rings. The van der Waals surface area contributed by atoms with Crippen LogP contribution in [0, 0.1) is 5.82 Å². The van der Waals surface area contributed by atoms with E-state index >= 15 is 0 Å². The van der Waals surface area contributed by atoms with Gasteiger partial charge in [0.2, 0.25) is 0 Å². The molecule has 7 heteroatoms. The Labute approximate surface area is 134 Å². The van der Waals surface area contributed by atoms with Gasteiger partial charge in [0.15, 0.2) is 0 Å². The highest BCUT2D eigenvalue weighted by molar-refractivity contribution is 5.75. The van der Waals surface area contributed by atoms with Gasteiger partial charge in [0, 0.05) is 19.4 Å². The van der Waals surface area contributed by atoms with Crippen LogP contribution < -0.4 is 10.6 Å². The van der Waals surface area contributed by atoms with E-state index in [0.717, 1.165) is 0 Å². The van der Waals surface area contributed by atoms with Crippen LogP contribution in [0.5, 0.6) is 0 Å². The quantitative estimate of drug-likeness (QED) is 0.758. The Hall–Kier alpha value is -2.41. The van der Waals surface area contributed by atoms with E-state index in [4.69, 9.17) is 0 Å².